The van der Waals surface area contributed by atoms with Crippen molar-refractivity contribution < 1.29 is 58.4 Å². The van der Waals surface area contributed by atoms with Crippen molar-refractivity contribution in [1.29, 1.82) is 0 Å². The number of ether oxygens (including phenoxy) is 2. The number of alkyl halides is 6. The normalized spacial score (nSPS) is 33.2. The molecule has 4 saturated carbocycles. The Labute approximate surface area is 198 Å². The molecule has 14 heteroatoms. The molecule has 4 rings (SSSR count). The Morgan fingerprint density at radius 2 is 1.63 bits per heavy atom. The number of hydrogen-bond acceptors (Lipinski definition) is 6. The molecule has 0 amide bonds. The lowest BCUT2D eigenvalue weighted by Crippen LogP contribution is -2.61. The van der Waals surface area contributed by atoms with Gasteiger partial charge in [-0.15, -0.1) is 0 Å². The fraction of sp³-hybridized carbons (Fsp3) is 0.905. The van der Waals surface area contributed by atoms with Crippen molar-refractivity contribution in [2.24, 2.45) is 22.7 Å². The van der Waals surface area contributed by atoms with E-state index in [4.69, 9.17) is 14.0 Å². The van der Waals surface area contributed by atoms with Crippen LogP contribution >= 0.6 is 0 Å². The van der Waals surface area contributed by atoms with E-state index in [2.05, 4.69) is 0 Å². The summed E-state index contributed by atoms with van der Waals surface area (Å²) in [5.74, 6) is -2.57. The number of hydrogen-bond donors (Lipinski definition) is 1. The molecule has 35 heavy (non-hydrogen) atoms. The Morgan fingerprint density at radius 1 is 1.09 bits per heavy atom. The van der Waals surface area contributed by atoms with Gasteiger partial charge in [-0.25, -0.2) is 4.39 Å². The lowest BCUT2D eigenvalue weighted by Gasteiger charge is -2.60. The van der Waals surface area contributed by atoms with Crippen molar-refractivity contribution >= 4 is 22.1 Å². The summed E-state index contributed by atoms with van der Waals surface area (Å²) in [7, 11) is -6.01. The molecular formula is C21H28F6O7S. The van der Waals surface area contributed by atoms with Crippen molar-refractivity contribution in [1.82, 2.24) is 0 Å². The Hall–Kier alpha value is -1.57. The topological polar surface area (TPSA) is 107 Å². The average Bonchev–Trinajstić information content (AvgIpc) is 2.69. The maximum Gasteiger partial charge on any atom is 0.404 e. The zero-order valence-electron chi connectivity index (χ0n) is 19.2. The maximum atomic E-state index is 13.7. The molecule has 0 aliphatic heterocycles. The highest BCUT2D eigenvalue weighted by atomic mass is 32.2. The highest BCUT2D eigenvalue weighted by Crippen LogP contribution is 2.63. The standard InChI is InChI=1S/C21H28F6O7S/c1-3-17(2,21(25,26)27)15(28)34-19-9-12-6-13(10-19)8-18(7-12,11-19)16(29)33-5-4-14(22)20(23,24)35(30,31)32/h12-14H,3-11H2,1-2H3,(H,30,31,32). The molecule has 0 aromatic carbocycles. The van der Waals surface area contributed by atoms with E-state index in [1.54, 1.807) is 0 Å². The number of rotatable bonds is 9. The van der Waals surface area contributed by atoms with Crippen LogP contribution in [0.1, 0.15) is 65.2 Å². The number of carbonyl (C=O) groups excluding carboxylic acids is 2. The monoisotopic (exact) mass is 538 g/mol. The van der Waals surface area contributed by atoms with Crippen LogP contribution < -0.4 is 0 Å². The van der Waals surface area contributed by atoms with Crippen LogP contribution in [-0.4, -0.2) is 54.7 Å². The van der Waals surface area contributed by atoms with Crippen LogP contribution in [0.2, 0.25) is 0 Å². The highest BCUT2D eigenvalue weighted by Gasteiger charge is 2.65. The summed E-state index contributed by atoms with van der Waals surface area (Å²) in [4.78, 5) is 25.6. The van der Waals surface area contributed by atoms with Crippen LogP contribution in [0.15, 0.2) is 0 Å². The van der Waals surface area contributed by atoms with E-state index in [1.807, 2.05) is 0 Å². The van der Waals surface area contributed by atoms with Gasteiger partial charge in [0, 0.05) is 12.8 Å². The van der Waals surface area contributed by atoms with Crippen molar-refractivity contribution in [3.05, 3.63) is 0 Å². The molecule has 4 fully saturated rings. The molecule has 7 nitrogen and oxygen atoms in total. The molecule has 4 aliphatic carbocycles. The first kappa shape index (κ1) is 28.0. The largest absolute Gasteiger partial charge is 0.465 e. The van der Waals surface area contributed by atoms with E-state index in [0.29, 0.717) is 19.3 Å². The van der Waals surface area contributed by atoms with Crippen molar-refractivity contribution in [3.8, 4) is 0 Å². The molecule has 4 bridgehead atoms. The molecule has 0 saturated heterocycles. The summed E-state index contributed by atoms with van der Waals surface area (Å²) in [5, 5.41) is -5.08. The van der Waals surface area contributed by atoms with E-state index in [0.717, 1.165) is 6.92 Å². The third kappa shape index (κ3) is 4.88. The van der Waals surface area contributed by atoms with Crippen LogP contribution in [-0.2, 0) is 29.2 Å². The third-order valence-corrected chi connectivity index (χ3v) is 8.79. The first-order valence-corrected chi connectivity index (χ1v) is 12.7. The minimum Gasteiger partial charge on any atom is -0.465 e. The fourth-order valence-electron chi connectivity index (χ4n) is 6.04. The summed E-state index contributed by atoms with van der Waals surface area (Å²) >= 11 is 0. The third-order valence-electron chi connectivity index (χ3n) is 7.85. The van der Waals surface area contributed by atoms with Gasteiger partial charge in [0.1, 0.15) is 5.60 Å². The molecule has 202 valence electrons. The minimum atomic E-state index is -6.01. The van der Waals surface area contributed by atoms with Crippen molar-refractivity contribution in [3.63, 3.8) is 0 Å². The van der Waals surface area contributed by atoms with Gasteiger partial charge in [0.15, 0.2) is 11.6 Å². The van der Waals surface area contributed by atoms with Gasteiger partial charge in [-0.3, -0.25) is 14.1 Å². The molecule has 4 atom stereocenters. The summed E-state index contributed by atoms with van der Waals surface area (Å²) in [6.45, 7) is 1.07. The molecule has 4 aliphatic rings. The van der Waals surface area contributed by atoms with E-state index in [1.165, 1.54) is 6.92 Å². The van der Waals surface area contributed by atoms with Crippen LogP contribution in [0.5, 0.6) is 0 Å². The van der Waals surface area contributed by atoms with Gasteiger partial charge < -0.3 is 9.47 Å². The smallest absolute Gasteiger partial charge is 0.404 e. The van der Waals surface area contributed by atoms with Crippen LogP contribution in [0, 0.1) is 22.7 Å². The highest BCUT2D eigenvalue weighted by molar-refractivity contribution is 7.86. The second-order valence-electron chi connectivity index (χ2n) is 10.4. The summed E-state index contributed by atoms with van der Waals surface area (Å²) in [6, 6.07) is 0. The SMILES string of the molecule is CCC(C)(C(=O)OC12CC3CC(C1)CC(C(=O)OCCC(F)C(F)(F)S(=O)(=O)O)(C3)C2)C(F)(F)F. The molecule has 0 radical (unpaired) electrons. The first-order valence-electron chi connectivity index (χ1n) is 11.3. The molecule has 0 aromatic rings. The predicted molar refractivity (Wildman–Crippen MR) is 107 cm³/mol. The lowest BCUT2D eigenvalue weighted by atomic mass is 9.48. The first-order chi connectivity index (χ1) is 15.8. The zero-order valence-corrected chi connectivity index (χ0v) is 20.0. The lowest BCUT2D eigenvalue weighted by molar-refractivity contribution is -0.252. The van der Waals surface area contributed by atoms with Gasteiger partial charge >= 0.3 is 33.5 Å². The Balaban J connectivity index is 1.72. The summed E-state index contributed by atoms with van der Waals surface area (Å²) in [6.07, 6.45) is -8.16. The summed E-state index contributed by atoms with van der Waals surface area (Å²) < 4.78 is 121. The Kier molecular flexibility index (Phi) is 7.02. The molecular weight excluding hydrogens is 510 g/mol. The van der Waals surface area contributed by atoms with E-state index in [9.17, 15) is 44.3 Å². The fourth-order valence-corrected chi connectivity index (χ4v) is 6.49. The van der Waals surface area contributed by atoms with Gasteiger partial charge in [0.2, 0.25) is 0 Å². The summed E-state index contributed by atoms with van der Waals surface area (Å²) in [5.41, 5.74) is -5.26. The predicted octanol–water partition coefficient (Wildman–Crippen LogP) is 4.60. The molecule has 4 unspecified atom stereocenters. The van der Waals surface area contributed by atoms with Gasteiger partial charge in [0.25, 0.3) is 0 Å². The zero-order chi connectivity index (χ0) is 26.7. The maximum absolute atomic E-state index is 13.7. The molecule has 0 heterocycles. The Morgan fingerprint density at radius 3 is 2.09 bits per heavy atom. The van der Waals surface area contributed by atoms with Crippen molar-refractivity contribution in [2.75, 3.05) is 6.61 Å². The van der Waals surface area contributed by atoms with Gasteiger partial charge in [-0.05, 0) is 57.3 Å². The second-order valence-corrected chi connectivity index (χ2v) is 11.9. The number of halogens is 6. The van der Waals surface area contributed by atoms with Crippen LogP contribution in [0.25, 0.3) is 0 Å². The number of esters is 2. The molecule has 0 aromatic heterocycles. The van der Waals surface area contributed by atoms with Gasteiger partial charge in [0.05, 0.1) is 12.0 Å². The molecule has 0 spiro atoms. The van der Waals surface area contributed by atoms with E-state index in [-0.39, 0.29) is 31.1 Å². The van der Waals surface area contributed by atoms with E-state index < -0.39 is 75.5 Å². The van der Waals surface area contributed by atoms with Crippen LogP contribution in [0.4, 0.5) is 26.3 Å². The number of carbonyl (C=O) groups is 2. The van der Waals surface area contributed by atoms with Gasteiger partial charge in [-0.2, -0.15) is 30.4 Å². The van der Waals surface area contributed by atoms with Crippen molar-refractivity contribution in [2.45, 2.75) is 88.4 Å². The van der Waals surface area contributed by atoms with Gasteiger partial charge in [-0.1, -0.05) is 6.92 Å². The quantitative estimate of drug-likeness (QED) is 0.260. The van der Waals surface area contributed by atoms with Crippen LogP contribution in [0.3, 0.4) is 0 Å². The molecule has 1 N–H and O–H groups in total. The van der Waals surface area contributed by atoms with E-state index >= 15 is 0 Å². The minimum absolute atomic E-state index is 0.102. The second kappa shape index (κ2) is 8.77. The Bertz CT molecular complexity index is 952. The average molecular weight is 539 g/mol.